The summed E-state index contributed by atoms with van der Waals surface area (Å²) in [6.07, 6.45) is 1.91. The molecule has 0 radical (unpaired) electrons. The number of carbonyl (C=O) groups excluding carboxylic acids is 1. The molecule has 1 atom stereocenters. The SMILES string of the molecule is Cc1ccc(Cl)c2sc(NC(=O)c3ccc(S(=O)(=O)N4CCC[C@@H](C)C4)cc3)nc12. The monoisotopic (exact) mass is 463 g/mol. The highest BCUT2D eigenvalue weighted by atomic mass is 35.5. The second-order valence-corrected chi connectivity index (χ2v) is 11.0. The van der Waals surface area contributed by atoms with Crippen LogP contribution in [-0.4, -0.2) is 36.7 Å². The van der Waals surface area contributed by atoms with Crippen LogP contribution in [0, 0.1) is 12.8 Å². The summed E-state index contributed by atoms with van der Waals surface area (Å²) in [6, 6.07) is 9.73. The molecule has 158 valence electrons. The summed E-state index contributed by atoms with van der Waals surface area (Å²) in [5.41, 5.74) is 2.11. The minimum absolute atomic E-state index is 0.204. The van der Waals surface area contributed by atoms with Gasteiger partial charge in [-0.15, -0.1) is 0 Å². The fourth-order valence-corrected chi connectivity index (χ4v) is 6.43. The van der Waals surface area contributed by atoms with Gasteiger partial charge in [-0.25, -0.2) is 13.4 Å². The van der Waals surface area contributed by atoms with E-state index in [1.807, 2.05) is 19.1 Å². The Labute approximate surface area is 184 Å². The van der Waals surface area contributed by atoms with Gasteiger partial charge >= 0.3 is 0 Å². The summed E-state index contributed by atoms with van der Waals surface area (Å²) >= 11 is 7.54. The van der Waals surface area contributed by atoms with E-state index in [4.69, 9.17) is 11.6 Å². The average Bonchev–Trinajstić information content (AvgIpc) is 3.16. The number of nitrogens with one attached hydrogen (secondary N) is 1. The summed E-state index contributed by atoms with van der Waals surface area (Å²) in [7, 11) is -3.55. The summed E-state index contributed by atoms with van der Waals surface area (Å²) in [5.74, 6) is 0.00268. The van der Waals surface area contributed by atoms with Crippen molar-refractivity contribution in [3.8, 4) is 0 Å². The minimum atomic E-state index is -3.55. The van der Waals surface area contributed by atoms with Crippen LogP contribution < -0.4 is 5.32 Å². The van der Waals surface area contributed by atoms with Crippen molar-refractivity contribution in [3.63, 3.8) is 0 Å². The lowest BCUT2D eigenvalue weighted by Gasteiger charge is -2.30. The highest BCUT2D eigenvalue weighted by molar-refractivity contribution is 7.89. The van der Waals surface area contributed by atoms with Crippen molar-refractivity contribution in [1.82, 2.24) is 9.29 Å². The van der Waals surface area contributed by atoms with Crippen LogP contribution in [0.5, 0.6) is 0 Å². The van der Waals surface area contributed by atoms with Crippen LogP contribution in [0.25, 0.3) is 10.2 Å². The van der Waals surface area contributed by atoms with Crippen molar-refractivity contribution in [2.24, 2.45) is 5.92 Å². The molecular weight excluding hydrogens is 442 g/mol. The maximum Gasteiger partial charge on any atom is 0.257 e. The Morgan fingerprint density at radius 1 is 1.23 bits per heavy atom. The zero-order valence-corrected chi connectivity index (χ0v) is 19.1. The molecule has 0 unspecified atom stereocenters. The van der Waals surface area contributed by atoms with Crippen molar-refractivity contribution in [2.45, 2.75) is 31.6 Å². The smallest absolute Gasteiger partial charge is 0.257 e. The number of hydrogen-bond acceptors (Lipinski definition) is 5. The van der Waals surface area contributed by atoms with Gasteiger partial charge in [-0.05, 0) is 61.6 Å². The summed E-state index contributed by atoms with van der Waals surface area (Å²) in [4.78, 5) is 17.3. The van der Waals surface area contributed by atoms with E-state index < -0.39 is 10.0 Å². The number of carbonyl (C=O) groups is 1. The third kappa shape index (κ3) is 4.09. The first-order valence-electron chi connectivity index (χ1n) is 9.73. The molecule has 2 heterocycles. The quantitative estimate of drug-likeness (QED) is 0.594. The summed E-state index contributed by atoms with van der Waals surface area (Å²) in [6.45, 7) is 5.07. The molecule has 30 heavy (non-hydrogen) atoms. The van der Waals surface area contributed by atoms with Gasteiger partial charge < -0.3 is 0 Å². The number of halogens is 1. The molecule has 0 spiro atoms. The Kier molecular flexibility index (Phi) is 5.85. The number of thiazole rings is 1. The van der Waals surface area contributed by atoms with Gasteiger partial charge in [0.15, 0.2) is 5.13 Å². The standard InChI is InChI=1S/C21H22ClN3O3S2/c1-13-4-3-11-25(12-13)30(27,28)16-8-6-15(7-9-16)20(26)24-21-23-18-14(2)5-10-17(22)19(18)29-21/h5-10,13H,3-4,11-12H2,1-2H3,(H,23,24,26)/t13-/m1/s1. The molecule has 6 nitrogen and oxygen atoms in total. The molecule has 3 aromatic rings. The Balaban J connectivity index is 1.52. The second-order valence-electron chi connectivity index (χ2n) is 7.65. The van der Waals surface area contributed by atoms with Crippen molar-refractivity contribution in [1.29, 1.82) is 0 Å². The van der Waals surface area contributed by atoms with E-state index in [-0.39, 0.29) is 10.8 Å². The van der Waals surface area contributed by atoms with E-state index in [0.29, 0.717) is 34.7 Å². The van der Waals surface area contributed by atoms with Crippen LogP contribution >= 0.6 is 22.9 Å². The molecule has 0 bridgehead atoms. The van der Waals surface area contributed by atoms with E-state index in [0.717, 1.165) is 28.6 Å². The fraction of sp³-hybridized carbons (Fsp3) is 0.333. The van der Waals surface area contributed by atoms with Gasteiger partial charge in [0, 0.05) is 18.7 Å². The number of sulfonamides is 1. The molecule has 1 aliphatic heterocycles. The lowest BCUT2D eigenvalue weighted by atomic mass is 10.0. The predicted octanol–water partition coefficient (Wildman–Crippen LogP) is 4.93. The largest absolute Gasteiger partial charge is 0.298 e. The van der Waals surface area contributed by atoms with Gasteiger partial charge in [0.1, 0.15) is 0 Å². The van der Waals surface area contributed by atoms with Crippen LogP contribution in [0.4, 0.5) is 5.13 Å². The van der Waals surface area contributed by atoms with Gasteiger partial charge in [0.2, 0.25) is 10.0 Å². The molecule has 0 saturated carbocycles. The van der Waals surface area contributed by atoms with Gasteiger partial charge in [0.05, 0.1) is 20.1 Å². The Hall–Kier alpha value is -2.00. The van der Waals surface area contributed by atoms with E-state index in [9.17, 15) is 13.2 Å². The third-order valence-electron chi connectivity index (χ3n) is 5.29. The maximum atomic E-state index is 12.9. The fourth-order valence-electron chi connectivity index (χ4n) is 3.62. The van der Waals surface area contributed by atoms with E-state index in [2.05, 4.69) is 17.2 Å². The average molecular weight is 464 g/mol. The number of nitrogens with zero attached hydrogens (tertiary/aromatic N) is 2. The number of rotatable bonds is 4. The highest BCUT2D eigenvalue weighted by Crippen LogP contribution is 2.34. The highest BCUT2D eigenvalue weighted by Gasteiger charge is 2.28. The topological polar surface area (TPSA) is 79.4 Å². The zero-order chi connectivity index (χ0) is 21.5. The second kappa shape index (κ2) is 8.26. The molecule has 1 aromatic heterocycles. The summed E-state index contributed by atoms with van der Waals surface area (Å²) < 4.78 is 28.1. The maximum absolute atomic E-state index is 12.9. The molecule has 1 fully saturated rings. The normalized spacial score (nSPS) is 17.9. The van der Waals surface area contributed by atoms with Gasteiger partial charge in [-0.1, -0.05) is 35.9 Å². The number of amides is 1. The van der Waals surface area contributed by atoms with Crippen molar-refractivity contribution >= 4 is 54.2 Å². The van der Waals surface area contributed by atoms with Crippen LogP contribution in [0.3, 0.4) is 0 Å². The number of aromatic nitrogens is 1. The van der Waals surface area contributed by atoms with Gasteiger partial charge in [0.25, 0.3) is 5.91 Å². The molecule has 1 amide bonds. The Morgan fingerprint density at radius 3 is 2.63 bits per heavy atom. The zero-order valence-electron chi connectivity index (χ0n) is 16.7. The molecular formula is C21H22ClN3O3S2. The molecule has 4 rings (SSSR count). The number of hydrogen-bond donors (Lipinski definition) is 1. The molecule has 0 aliphatic carbocycles. The molecule has 1 aliphatic rings. The molecule has 2 aromatic carbocycles. The number of anilines is 1. The van der Waals surface area contributed by atoms with Crippen molar-refractivity contribution in [3.05, 3.63) is 52.5 Å². The first-order valence-corrected chi connectivity index (χ1v) is 12.4. The third-order valence-corrected chi connectivity index (χ3v) is 8.60. The lowest BCUT2D eigenvalue weighted by molar-refractivity contribution is 0.102. The first kappa shape index (κ1) is 21.2. The number of aryl methyl sites for hydroxylation is 1. The van der Waals surface area contributed by atoms with E-state index in [1.54, 1.807) is 0 Å². The molecule has 1 saturated heterocycles. The first-order chi connectivity index (χ1) is 14.3. The van der Waals surface area contributed by atoms with E-state index in [1.165, 1.54) is 39.9 Å². The van der Waals surface area contributed by atoms with Crippen LogP contribution in [-0.2, 0) is 10.0 Å². The minimum Gasteiger partial charge on any atom is -0.298 e. The van der Waals surface area contributed by atoms with Crippen LogP contribution in [0.1, 0.15) is 35.7 Å². The van der Waals surface area contributed by atoms with E-state index >= 15 is 0 Å². The molecule has 1 N–H and O–H groups in total. The lowest BCUT2D eigenvalue weighted by Crippen LogP contribution is -2.39. The van der Waals surface area contributed by atoms with Gasteiger partial charge in [-0.2, -0.15) is 4.31 Å². The predicted molar refractivity (Wildman–Crippen MR) is 121 cm³/mol. The summed E-state index contributed by atoms with van der Waals surface area (Å²) in [5, 5.41) is 3.82. The number of fused-ring (bicyclic) bond motifs is 1. The Morgan fingerprint density at radius 2 is 1.97 bits per heavy atom. The Bertz CT molecular complexity index is 1170. The van der Waals surface area contributed by atoms with Crippen molar-refractivity contribution in [2.75, 3.05) is 18.4 Å². The van der Waals surface area contributed by atoms with Crippen LogP contribution in [0.2, 0.25) is 5.02 Å². The number of benzene rings is 2. The van der Waals surface area contributed by atoms with Crippen molar-refractivity contribution < 1.29 is 13.2 Å². The molecule has 9 heteroatoms. The number of piperidine rings is 1. The van der Waals surface area contributed by atoms with Crippen LogP contribution in [0.15, 0.2) is 41.3 Å². The van der Waals surface area contributed by atoms with Gasteiger partial charge in [-0.3, -0.25) is 10.1 Å².